The molecule has 1 N–H and O–H groups in total. The van der Waals surface area contributed by atoms with Crippen LogP contribution in [0.15, 0.2) is 4.99 Å². The van der Waals surface area contributed by atoms with Crippen LogP contribution in [0.5, 0.6) is 0 Å². The van der Waals surface area contributed by atoms with Gasteiger partial charge in [0.2, 0.25) is 0 Å². The van der Waals surface area contributed by atoms with E-state index in [1.54, 1.807) is 0 Å². The molecule has 1 atom stereocenters. The van der Waals surface area contributed by atoms with Crippen LogP contribution in [0, 0.1) is 0 Å². The van der Waals surface area contributed by atoms with Crippen molar-refractivity contribution in [1.82, 2.24) is 5.09 Å². The zero-order chi connectivity index (χ0) is 12.6. The minimum atomic E-state index is -4.10. The molecule has 0 aliphatic rings. The van der Waals surface area contributed by atoms with E-state index < -0.39 is 25.4 Å². The Morgan fingerprint density at radius 2 is 1.67 bits per heavy atom. The molecule has 0 saturated heterocycles. The quantitative estimate of drug-likeness (QED) is 0.434. The molecule has 0 radical (unpaired) electrons. The zero-order valence-corrected chi connectivity index (χ0v) is 12.7. The molecule has 0 fully saturated rings. The molecule has 10 heteroatoms. The van der Waals surface area contributed by atoms with Gasteiger partial charge in [0.1, 0.15) is 5.84 Å². The topological polar surface area (TPSA) is 24.4 Å². The summed E-state index contributed by atoms with van der Waals surface area (Å²) in [6, 6.07) is 0. The summed E-state index contributed by atoms with van der Waals surface area (Å²) in [7, 11) is 13.7. The van der Waals surface area contributed by atoms with E-state index in [0.717, 1.165) is 6.66 Å². The number of nitrogens with one attached hydrogen (secondary N) is 1. The van der Waals surface area contributed by atoms with Gasteiger partial charge in [0.25, 0.3) is 0 Å². The molecule has 15 heavy (non-hydrogen) atoms. The number of nitrogens with zero attached hydrogens (tertiary/aromatic N) is 1. The van der Waals surface area contributed by atoms with E-state index in [4.69, 9.17) is 30.1 Å². The van der Waals surface area contributed by atoms with Gasteiger partial charge in [-0.1, -0.05) is 0 Å². The summed E-state index contributed by atoms with van der Waals surface area (Å²) in [4.78, 5) is 3.57. The molecule has 1 unspecified atom stereocenters. The molecule has 0 spiro atoms. The van der Waals surface area contributed by atoms with Crippen molar-refractivity contribution in [2.24, 2.45) is 4.99 Å². The van der Waals surface area contributed by atoms with Gasteiger partial charge >= 0.3 is 47.4 Å². The molecule has 0 aromatic rings. The third-order valence-corrected chi connectivity index (χ3v) is 2.72. The number of rotatable bonds is 1. The van der Waals surface area contributed by atoms with Gasteiger partial charge in [-0.15, -0.1) is 13.2 Å². The second-order valence-corrected chi connectivity index (χ2v) is 10.6. The van der Waals surface area contributed by atoms with E-state index >= 15 is 0 Å². The molecule has 0 aromatic carbocycles. The molecule has 0 aliphatic carbocycles. The second kappa shape index (κ2) is 9.16. The Labute approximate surface area is 105 Å². The zero-order valence-electron chi connectivity index (χ0n) is 8.12. The van der Waals surface area contributed by atoms with Crippen molar-refractivity contribution >= 4 is 44.1 Å². The van der Waals surface area contributed by atoms with E-state index in [1.807, 2.05) is 0 Å². The Morgan fingerprint density at radius 3 is 1.87 bits per heavy atom. The Hall–Kier alpha value is 1.09. The predicted octanol–water partition coefficient (Wildman–Crippen LogP) is 3.97. The Balaban J connectivity index is 0. The minimum absolute atomic E-state index is 0.332. The maximum absolute atomic E-state index is 11.9. The third-order valence-electron chi connectivity index (χ3n) is 1.13. The number of hydrogen-bond donors (Lipinski definition) is 1. The normalized spacial score (nSPS) is 14.4. The second-order valence-electron chi connectivity index (χ2n) is 2.23. The Morgan fingerprint density at radius 1 is 1.33 bits per heavy atom. The van der Waals surface area contributed by atoms with E-state index in [0.29, 0.717) is 5.84 Å². The van der Waals surface area contributed by atoms with Gasteiger partial charge in [0.15, 0.2) is 8.07 Å². The molecule has 0 aliphatic heterocycles. The first kappa shape index (κ1) is 18.5. The van der Waals surface area contributed by atoms with Crippen molar-refractivity contribution in [3.63, 3.8) is 0 Å². The van der Waals surface area contributed by atoms with Crippen LogP contribution < -0.4 is 5.09 Å². The summed E-state index contributed by atoms with van der Waals surface area (Å²) < 4.78 is 35.6. The monoisotopic (exact) mass is 344 g/mol. The number of aliphatic imine (C=N–C) groups is 1. The summed E-state index contributed by atoms with van der Waals surface area (Å²) in [5.41, 5.74) is 0. The van der Waals surface area contributed by atoms with Gasteiger partial charge in [0.05, 0.1) is 6.66 Å². The summed E-state index contributed by atoms with van der Waals surface area (Å²) in [5, 5.41) is 2.30. The fraction of sp³-hybridized carbons (Fsp3) is 0.800. The van der Waals surface area contributed by atoms with Gasteiger partial charge in [-0.2, -0.15) is 0 Å². The van der Waals surface area contributed by atoms with Gasteiger partial charge in [-0.3, -0.25) is 4.99 Å². The molecule has 93 valence electrons. The van der Waals surface area contributed by atoms with Crippen molar-refractivity contribution in [3.8, 4) is 0 Å². The average molecular weight is 345 g/mol. The summed E-state index contributed by atoms with van der Waals surface area (Å²) >= 11 is -1.62. The van der Waals surface area contributed by atoms with E-state index in [1.165, 1.54) is 14.0 Å². The van der Waals surface area contributed by atoms with Crippen molar-refractivity contribution in [2.75, 3.05) is 13.7 Å². The first-order valence-electron chi connectivity index (χ1n) is 3.45. The van der Waals surface area contributed by atoms with Crippen LogP contribution in [0.3, 0.4) is 0 Å². The van der Waals surface area contributed by atoms with Crippen LogP contribution in [0.25, 0.3) is 0 Å². The Bertz CT molecular complexity index is 200. The van der Waals surface area contributed by atoms with Gasteiger partial charge in [-0.05, 0) is 6.92 Å². The summed E-state index contributed by atoms with van der Waals surface area (Å²) in [6.45, 7) is 2.67. The third kappa shape index (κ3) is 15.1. The van der Waals surface area contributed by atoms with Gasteiger partial charge in [-0.25, -0.2) is 5.09 Å². The summed E-state index contributed by atoms with van der Waals surface area (Å²) in [5.74, 6) is -3.77. The SMILES string of the molecule is CN=C(C)N[PH+](C)C(F)(F)F.[Cl][Cr]([Cl])[Cl]. The Kier molecular flexibility index (Phi) is 11.3. The molecule has 2 nitrogen and oxygen atoms in total. The molecular formula is C5H11Cl3CrF3N2P+. The summed E-state index contributed by atoms with van der Waals surface area (Å²) in [6.07, 6.45) is 0. The number of halogens is 6. The number of amidine groups is 1. The molecular weight excluding hydrogens is 334 g/mol. The van der Waals surface area contributed by atoms with Gasteiger partial charge in [0, 0.05) is 7.05 Å². The molecule has 0 heterocycles. The predicted molar refractivity (Wildman–Crippen MR) is 60.0 cm³/mol. The fourth-order valence-electron chi connectivity index (χ4n) is 0.398. The van der Waals surface area contributed by atoms with E-state index in [9.17, 15) is 13.2 Å². The van der Waals surface area contributed by atoms with E-state index in [2.05, 4.69) is 10.1 Å². The fourth-order valence-corrected chi connectivity index (χ4v) is 1.19. The average Bonchev–Trinajstić information content (AvgIpc) is 2.01. The number of alkyl halides is 3. The van der Waals surface area contributed by atoms with Crippen LogP contribution in [0.1, 0.15) is 6.92 Å². The van der Waals surface area contributed by atoms with Crippen LogP contribution in [0.4, 0.5) is 13.2 Å². The van der Waals surface area contributed by atoms with Crippen LogP contribution >= 0.6 is 38.2 Å². The standard InChI is InChI=1S/C5H10F3N2P.3ClH.Cr/c1-4(9-2)10-11(3)5(6,7)8;;;;/h1-3H3,(H,9,10);3*1H;/q;;;;+3/p-2. The molecule has 0 saturated carbocycles. The number of hydrogen-bond acceptors (Lipinski definition) is 1. The van der Waals surface area contributed by atoms with Crippen LogP contribution in [0.2, 0.25) is 0 Å². The molecule has 0 aromatic heterocycles. The molecule has 0 rings (SSSR count). The molecule has 0 bridgehead atoms. The van der Waals surface area contributed by atoms with Crippen molar-refractivity contribution in [1.29, 1.82) is 0 Å². The van der Waals surface area contributed by atoms with Gasteiger partial charge < -0.3 is 0 Å². The van der Waals surface area contributed by atoms with Crippen LogP contribution in [-0.4, -0.2) is 25.5 Å². The van der Waals surface area contributed by atoms with Crippen molar-refractivity contribution in [2.45, 2.75) is 12.8 Å². The maximum atomic E-state index is 11.9. The molecule has 0 amide bonds. The van der Waals surface area contributed by atoms with E-state index in [-0.39, 0.29) is 0 Å². The van der Waals surface area contributed by atoms with Crippen molar-refractivity contribution in [3.05, 3.63) is 0 Å². The van der Waals surface area contributed by atoms with Crippen molar-refractivity contribution < 1.29 is 24.6 Å². The van der Waals surface area contributed by atoms with Crippen LogP contribution in [-0.2, 0) is 11.4 Å². The first-order chi connectivity index (χ1) is 6.61. The first-order valence-corrected chi connectivity index (χ1v) is 10.7.